The van der Waals surface area contributed by atoms with Gasteiger partial charge in [-0.25, -0.2) is 9.59 Å². The second kappa shape index (κ2) is 7.08. The van der Waals surface area contributed by atoms with Gasteiger partial charge in [-0.1, -0.05) is 12.1 Å². The van der Waals surface area contributed by atoms with Gasteiger partial charge in [-0.15, -0.1) is 0 Å². The third-order valence-electron chi connectivity index (χ3n) is 3.38. The van der Waals surface area contributed by atoms with E-state index in [1.807, 2.05) is 6.92 Å². The molecule has 1 fully saturated rings. The van der Waals surface area contributed by atoms with Gasteiger partial charge in [-0.3, -0.25) is 0 Å². The number of urea groups is 1. The van der Waals surface area contributed by atoms with Gasteiger partial charge in [0.1, 0.15) is 0 Å². The van der Waals surface area contributed by atoms with E-state index < -0.39 is 5.97 Å². The smallest absolute Gasteiger partial charge is 0.335 e. The first-order valence-electron chi connectivity index (χ1n) is 7.03. The summed E-state index contributed by atoms with van der Waals surface area (Å²) in [5, 5.41) is 11.7. The lowest BCUT2D eigenvalue weighted by Crippen LogP contribution is -2.42. The van der Waals surface area contributed by atoms with E-state index in [1.54, 1.807) is 17.0 Å². The van der Waals surface area contributed by atoms with Crippen molar-refractivity contribution in [3.8, 4) is 0 Å². The van der Waals surface area contributed by atoms with Crippen LogP contribution in [0.2, 0.25) is 0 Å². The summed E-state index contributed by atoms with van der Waals surface area (Å²) in [5.41, 5.74) is 1.11. The van der Waals surface area contributed by atoms with Gasteiger partial charge in [0.25, 0.3) is 0 Å². The van der Waals surface area contributed by atoms with Crippen LogP contribution in [0.4, 0.5) is 4.79 Å². The van der Waals surface area contributed by atoms with Gasteiger partial charge < -0.3 is 20.1 Å². The van der Waals surface area contributed by atoms with Gasteiger partial charge in [0.05, 0.1) is 11.7 Å². The minimum Gasteiger partial charge on any atom is -0.478 e. The molecule has 2 amide bonds. The van der Waals surface area contributed by atoms with Crippen molar-refractivity contribution in [3.05, 3.63) is 35.4 Å². The Morgan fingerprint density at radius 2 is 2.10 bits per heavy atom. The topological polar surface area (TPSA) is 78.9 Å². The standard InChI is InChI=1S/C15H20N2O4/c1-11-10-17(7-2-8-21-11)15(20)16-9-12-3-5-13(6-4-12)14(18)19/h3-6,11H,2,7-10H2,1H3,(H,16,20)(H,18,19). The molecule has 1 aromatic carbocycles. The summed E-state index contributed by atoms with van der Waals surface area (Å²) in [6.07, 6.45) is 0.888. The predicted octanol–water partition coefficient (Wildman–Crippen LogP) is 1.71. The van der Waals surface area contributed by atoms with Crippen LogP contribution in [0.25, 0.3) is 0 Å². The van der Waals surface area contributed by atoms with Crippen LogP contribution in [0.15, 0.2) is 24.3 Å². The molecule has 1 atom stereocenters. The summed E-state index contributed by atoms with van der Waals surface area (Å²) in [6.45, 7) is 4.29. The number of hydrogen-bond donors (Lipinski definition) is 2. The van der Waals surface area contributed by atoms with Gasteiger partial charge in [0.2, 0.25) is 0 Å². The Labute approximate surface area is 123 Å². The SMILES string of the molecule is CC1CN(C(=O)NCc2ccc(C(=O)O)cc2)CCCO1. The zero-order valence-corrected chi connectivity index (χ0v) is 12.0. The minimum atomic E-state index is -0.955. The second-order valence-corrected chi connectivity index (χ2v) is 5.14. The molecule has 2 N–H and O–H groups in total. The Morgan fingerprint density at radius 1 is 1.38 bits per heavy atom. The number of nitrogens with zero attached hydrogens (tertiary/aromatic N) is 1. The average molecular weight is 292 g/mol. The van der Waals surface area contributed by atoms with Crippen LogP contribution in [-0.2, 0) is 11.3 Å². The number of ether oxygens (including phenoxy) is 1. The van der Waals surface area contributed by atoms with Crippen LogP contribution in [0.1, 0.15) is 29.3 Å². The summed E-state index contributed by atoms with van der Waals surface area (Å²) < 4.78 is 5.50. The highest BCUT2D eigenvalue weighted by atomic mass is 16.5. The van der Waals surface area contributed by atoms with E-state index in [9.17, 15) is 9.59 Å². The highest BCUT2D eigenvalue weighted by molar-refractivity contribution is 5.87. The fourth-order valence-electron chi connectivity index (χ4n) is 2.23. The van der Waals surface area contributed by atoms with E-state index in [-0.39, 0.29) is 17.7 Å². The lowest BCUT2D eigenvalue weighted by Gasteiger charge is -2.22. The molecule has 0 spiro atoms. The molecule has 21 heavy (non-hydrogen) atoms. The Hall–Kier alpha value is -2.08. The summed E-state index contributed by atoms with van der Waals surface area (Å²) >= 11 is 0. The van der Waals surface area contributed by atoms with Crippen LogP contribution in [0.3, 0.4) is 0 Å². The van der Waals surface area contributed by atoms with Crippen LogP contribution in [0.5, 0.6) is 0 Å². The van der Waals surface area contributed by atoms with Crippen molar-refractivity contribution >= 4 is 12.0 Å². The highest BCUT2D eigenvalue weighted by Crippen LogP contribution is 2.07. The highest BCUT2D eigenvalue weighted by Gasteiger charge is 2.19. The summed E-state index contributed by atoms with van der Waals surface area (Å²) in [4.78, 5) is 24.6. The molecule has 6 nitrogen and oxygen atoms in total. The van der Waals surface area contributed by atoms with Crippen molar-refractivity contribution < 1.29 is 19.4 Å². The second-order valence-electron chi connectivity index (χ2n) is 5.14. The molecule has 0 aliphatic carbocycles. The first-order chi connectivity index (χ1) is 10.1. The van der Waals surface area contributed by atoms with Crippen molar-refractivity contribution in [2.45, 2.75) is 26.0 Å². The first-order valence-corrected chi connectivity index (χ1v) is 7.03. The number of benzene rings is 1. The van der Waals surface area contributed by atoms with Crippen molar-refractivity contribution in [1.82, 2.24) is 10.2 Å². The van der Waals surface area contributed by atoms with Crippen LogP contribution in [-0.4, -0.2) is 47.8 Å². The Kier molecular flexibility index (Phi) is 5.16. The fourth-order valence-corrected chi connectivity index (χ4v) is 2.23. The van der Waals surface area contributed by atoms with Gasteiger partial charge in [-0.2, -0.15) is 0 Å². The molecule has 0 bridgehead atoms. The molecular weight excluding hydrogens is 272 g/mol. The maximum atomic E-state index is 12.1. The number of hydrogen-bond acceptors (Lipinski definition) is 3. The summed E-state index contributed by atoms with van der Waals surface area (Å²) in [5.74, 6) is -0.955. The number of amides is 2. The number of rotatable bonds is 3. The Bertz CT molecular complexity index is 501. The number of carbonyl (C=O) groups excluding carboxylic acids is 1. The van der Waals surface area contributed by atoms with E-state index in [0.717, 1.165) is 12.0 Å². The third kappa shape index (κ3) is 4.46. The minimum absolute atomic E-state index is 0.0492. The molecule has 1 unspecified atom stereocenters. The molecule has 114 valence electrons. The van der Waals surface area contributed by atoms with E-state index in [0.29, 0.717) is 26.2 Å². The Morgan fingerprint density at radius 3 is 2.76 bits per heavy atom. The van der Waals surface area contributed by atoms with Crippen molar-refractivity contribution in [2.24, 2.45) is 0 Å². The molecule has 0 radical (unpaired) electrons. The lowest BCUT2D eigenvalue weighted by molar-refractivity contribution is 0.0696. The first kappa shape index (κ1) is 15.3. The molecule has 1 aromatic rings. The van der Waals surface area contributed by atoms with E-state index in [1.165, 1.54) is 12.1 Å². The van der Waals surface area contributed by atoms with Crippen LogP contribution < -0.4 is 5.32 Å². The van der Waals surface area contributed by atoms with Gasteiger partial charge in [0, 0.05) is 26.2 Å². The lowest BCUT2D eigenvalue weighted by atomic mass is 10.1. The zero-order chi connectivity index (χ0) is 15.2. The molecule has 1 heterocycles. The van der Waals surface area contributed by atoms with Crippen molar-refractivity contribution in [1.29, 1.82) is 0 Å². The summed E-state index contributed by atoms with van der Waals surface area (Å²) in [6, 6.07) is 6.36. The van der Waals surface area contributed by atoms with Gasteiger partial charge in [0.15, 0.2) is 0 Å². The van der Waals surface area contributed by atoms with Gasteiger partial charge in [-0.05, 0) is 31.0 Å². The quantitative estimate of drug-likeness (QED) is 0.889. The average Bonchev–Trinajstić information content (AvgIpc) is 2.70. The van der Waals surface area contributed by atoms with E-state index >= 15 is 0 Å². The van der Waals surface area contributed by atoms with Crippen LogP contribution in [0, 0.1) is 0 Å². The molecule has 2 rings (SSSR count). The maximum Gasteiger partial charge on any atom is 0.335 e. The molecule has 1 saturated heterocycles. The van der Waals surface area contributed by atoms with Crippen molar-refractivity contribution in [2.75, 3.05) is 19.7 Å². The molecule has 0 saturated carbocycles. The molecule has 1 aliphatic rings. The maximum absolute atomic E-state index is 12.1. The molecule has 0 aromatic heterocycles. The van der Waals surface area contributed by atoms with Crippen LogP contribution >= 0.6 is 0 Å². The summed E-state index contributed by atoms with van der Waals surface area (Å²) in [7, 11) is 0. The Balaban J connectivity index is 1.86. The van der Waals surface area contributed by atoms with Gasteiger partial charge >= 0.3 is 12.0 Å². The predicted molar refractivity (Wildman–Crippen MR) is 77.2 cm³/mol. The largest absolute Gasteiger partial charge is 0.478 e. The van der Waals surface area contributed by atoms with E-state index in [2.05, 4.69) is 5.32 Å². The molecule has 6 heteroatoms. The molecule has 1 aliphatic heterocycles. The monoisotopic (exact) mass is 292 g/mol. The normalized spacial score (nSPS) is 18.9. The fraction of sp³-hybridized carbons (Fsp3) is 0.467. The number of carboxylic acids is 1. The number of carbonyl (C=O) groups is 2. The van der Waals surface area contributed by atoms with Crippen molar-refractivity contribution in [3.63, 3.8) is 0 Å². The zero-order valence-electron chi connectivity index (χ0n) is 12.0. The van der Waals surface area contributed by atoms with E-state index in [4.69, 9.17) is 9.84 Å². The number of nitrogens with one attached hydrogen (secondary N) is 1. The number of aromatic carboxylic acids is 1. The third-order valence-corrected chi connectivity index (χ3v) is 3.38. The molecular formula is C15H20N2O4. The number of carboxylic acid groups (broad SMARTS) is 1.